The number of methoxy groups -OCH3 is 1. The van der Waals surface area contributed by atoms with E-state index in [0.717, 1.165) is 16.4 Å². The Labute approximate surface area is 192 Å². The molecule has 3 rings (SSSR count). The molecule has 3 N–H and O–H groups in total. The third-order valence-electron chi connectivity index (χ3n) is 4.41. The predicted octanol–water partition coefficient (Wildman–Crippen LogP) is 4.81. The lowest BCUT2D eigenvalue weighted by atomic mass is 10.1. The Morgan fingerprint density at radius 3 is 2.36 bits per heavy atom. The smallest absolute Gasteiger partial charge is 0.336 e. The van der Waals surface area contributed by atoms with Gasteiger partial charge in [0.05, 0.1) is 24.0 Å². The Kier molecular flexibility index (Phi) is 7.13. The number of hydrogen-bond acceptors (Lipinski definition) is 5. The lowest BCUT2D eigenvalue weighted by Gasteiger charge is -2.18. The molecule has 33 heavy (non-hydrogen) atoms. The minimum atomic E-state index is -1.17. The number of nitrogens with zero attached hydrogens (tertiary/aromatic N) is 1. The van der Waals surface area contributed by atoms with E-state index in [0.29, 0.717) is 0 Å². The standard InChI is InChI=1S/C22H17F2N3O5S/c1-32-19-8-5-12(20(28)25-14-6-7-16(23)17(24)11-14)10-18(19)26-22(31)27(33)15-4-2-3-13(9-15)21(29)30/h2-11,33H,1H3,(H,25,28)(H,26,31)(H,29,30). The van der Waals surface area contributed by atoms with Crippen molar-refractivity contribution in [2.75, 3.05) is 22.0 Å². The summed E-state index contributed by atoms with van der Waals surface area (Å²) in [7, 11) is 1.36. The van der Waals surface area contributed by atoms with Crippen molar-refractivity contribution in [2.24, 2.45) is 0 Å². The van der Waals surface area contributed by atoms with E-state index in [1.807, 2.05) is 0 Å². The molecule has 3 amide bonds. The first-order valence-corrected chi connectivity index (χ1v) is 9.67. The zero-order chi connectivity index (χ0) is 24.1. The number of aromatic carboxylic acids is 1. The number of urea groups is 1. The Morgan fingerprint density at radius 2 is 1.70 bits per heavy atom. The van der Waals surface area contributed by atoms with Gasteiger partial charge in [0.15, 0.2) is 11.6 Å². The van der Waals surface area contributed by atoms with Gasteiger partial charge in [-0.05, 0) is 48.5 Å². The van der Waals surface area contributed by atoms with Crippen LogP contribution in [-0.4, -0.2) is 30.1 Å². The molecule has 0 aliphatic heterocycles. The molecule has 0 aliphatic carbocycles. The number of amides is 3. The number of carboxylic acids is 1. The van der Waals surface area contributed by atoms with E-state index >= 15 is 0 Å². The molecule has 0 saturated heterocycles. The van der Waals surface area contributed by atoms with Crippen molar-refractivity contribution in [2.45, 2.75) is 0 Å². The van der Waals surface area contributed by atoms with E-state index in [4.69, 9.17) is 9.84 Å². The highest BCUT2D eigenvalue weighted by atomic mass is 32.1. The van der Waals surface area contributed by atoms with Gasteiger partial charge in [0.2, 0.25) is 0 Å². The Morgan fingerprint density at radius 1 is 0.939 bits per heavy atom. The lowest BCUT2D eigenvalue weighted by molar-refractivity contribution is 0.0696. The van der Waals surface area contributed by atoms with E-state index in [1.165, 1.54) is 55.6 Å². The number of thiol groups is 1. The van der Waals surface area contributed by atoms with Crippen LogP contribution in [0.1, 0.15) is 20.7 Å². The molecule has 3 aromatic rings. The SMILES string of the molecule is COc1ccc(C(=O)Nc2ccc(F)c(F)c2)cc1NC(=O)N(S)c1cccc(C(=O)O)c1. The first-order chi connectivity index (χ1) is 15.7. The summed E-state index contributed by atoms with van der Waals surface area (Å²) in [5.41, 5.74) is 0.415. The number of benzene rings is 3. The monoisotopic (exact) mass is 473 g/mol. The molecule has 3 aromatic carbocycles. The fourth-order valence-electron chi connectivity index (χ4n) is 2.78. The number of nitrogens with one attached hydrogen (secondary N) is 2. The second kappa shape index (κ2) is 10.0. The molecule has 0 spiro atoms. The van der Waals surface area contributed by atoms with Gasteiger partial charge in [0.1, 0.15) is 5.75 Å². The van der Waals surface area contributed by atoms with Crippen LogP contribution in [0.15, 0.2) is 60.7 Å². The highest BCUT2D eigenvalue weighted by Crippen LogP contribution is 2.28. The molecule has 11 heteroatoms. The molecule has 0 atom stereocenters. The van der Waals surface area contributed by atoms with E-state index in [2.05, 4.69) is 23.4 Å². The van der Waals surface area contributed by atoms with Crippen LogP contribution < -0.4 is 19.7 Å². The third-order valence-corrected chi connectivity index (χ3v) is 4.82. The van der Waals surface area contributed by atoms with Gasteiger partial charge in [-0.15, -0.1) is 0 Å². The van der Waals surface area contributed by atoms with Crippen molar-refractivity contribution in [1.29, 1.82) is 0 Å². The van der Waals surface area contributed by atoms with Crippen LogP contribution in [-0.2, 0) is 0 Å². The number of rotatable bonds is 6. The highest BCUT2D eigenvalue weighted by Gasteiger charge is 2.18. The molecule has 0 heterocycles. The Balaban J connectivity index is 1.80. The lowest BCUT2D eigenvalue weighted by Crippen LogP contribution is -2.27. The van der Waals surface area contributed by atoms with Crippen molar-refractivity contribution in [3.05, 3.63) is 83.4 Å². The maximum atomic E-state index is 13.4. The Hall–Kier alpha value is -4.12. The fraction of sp³-hybridized carbons (Fsp3) is 0.0455. The highest BCUT2D eigenvalue weighted by molar-refractivity contribution is 7.82. The van der Waals surface area contributed by atoms with Gasteiger partial charge < -0.3 is 20.5 Å². The largest absolute Gasteiger partial charge is 0.495 e. The molecular weight excluding hydrogens is 456 g/mol. The summed E-state index contributed by atoms with van der Waals surface area (Å²) in [5, 5.41) is 14.1. The van der Waals surface area contributed by atoms with Crippen LogP contribution in [0.5, 0.6) is 5.75 Å². The van der Waals surface area contributed by atoms with Crippen molar-refractivity contribution < 1.29 is 33.0 Å². The summed E-state index contributed by atoms with van der Waals surface area (Å²) in [6, 6.07) is 11.9. The summed E-state index contributed by atoms with van der Waals surface area (Å²) in [5.74, 6) is -3.74. The first-order valence-electron chi connectivity index (χ1n) is 9.27. The third kappa shape index (κ3) is 5.57. The number of carbonyl (C=O) groups is 3. The van der Waals surface area contributed by atoms with Crippen molar-refractivity contribution in [3.8, 4) is 5.75 Å². The average molecular weight is 473 g/mol. The van der Waals surface area contributed by atoms with E-state index in [9.17, 15) is 23.2 Å². The number of hydrogen-bond donors (Lipinski definition) is 4. The zero-order valence-corrected chi connectivity index (χ0v) is 17.9. The van der Waals surface area contributed by atoms with E-state index in [-0.39, 0.29) is 33.9 Å². The second-order valence-corrected chi connectivity index (χ2v) is 7.00. The van der Waals surface area contributed by atoms with Crippen molar-refractivity contribution in [3.63, 3.8) is 0 Å². The first kappa shape index (κ1) is 23.5. The van der Waals surface area contributed by atoms with Gasteiger partial charge in [0, 0.05) is 17.3 Å². The van der Waals surface area contributed by atoms with Crippen LogP contribution in [0, 0.1) is 11.6 Å². The number of carboxylic acid groups (broad SMARTS) is 1. The second-order valence-electron chi connectivity index (χ2n) is 6.60. The molecule has 0 aromatic heterocycles. The zero-order valence-electron chi connectivity index (χ0n) is 17.0. The molecule has 0 unspecified atom stereocenters. The van der Waals surface area contributed by atoms with Crippen molar-refractivity contribution >= 4 is 47.8 Å². The Bertz CT molecular complexity index is 1240. The number of halogens is 2. The van der Waals surface area contributed by atoms with Crippen LogP contribution in [0.2, 0.25) is 0 Å². The van der Waals surface area contributed by atoms with Crippen LogP contribution in [0.25, 0.3) is 0 Å². The summed E-state index contributed by atoms with van der Waals surface area (Å²) < 4.78 is 32.6. The maximum Gasteiger partial charge on any atom is 0.336 e. The van der Waals surface area contributed by atoms with Gasteiger partial charge in [-0.2, -0.15) is 0 Å². The van der Waals surface area contributed by atoms with Gasteiger partial charge in [-0.3, -0.25) is 4.79 Å². The maximum absolute atomic E-state index is 13.4. The molecule has 8 nitrogen and oxygen atoms in total. The number of carbonyl (C=O) groups excluding carboxylic acids is 2. The topological polar surface area (TPSA) is 108 Å². The molecule has 170 valence electrons. The van der Waals surface area contributed by atoms with E-state index in [1.54, 1.807) is 0 Å². The van der Waals surface area contributed by atoms with Crippen LogP contribution in [0.4, 0.5) is 30.6 Å². The molecular formula is C22H17F2N3O5S. The van der Waals surface area contributed by atoms with Crippen molar-refractivity contribution in [1.82, 2.24) is 0 Å². The van der Waals surface area contributed by atoms with Gasteiger partial charge in [-0.25, -0.2) is 22.7 Å². The van der Waals surface area contributed by atoms with Crippen LogP contribution >= 0.6 is 12.8 Å². The quantitative estimate of drug-likeness (QED) is 0.385. The predicted molar refractivity (Wildman–Crippen MR) is 121 cm³/mol. The summed E-state index contributed by atoms with van der Waals surface area (Å²) in [4.78, 5) is 36.4. The van der Waals surface area contributed by atoms with E-state index < -0.39 is 29.5 Å². The summed E-state index contributed by atoms with van der Waals surface area (Å²) in [6.45, 7) is 0. The van der Waals surface area contributed by atoms with Gasteiger partial charge in [0.25, 0.3) is 5.91 Å². The van der Waals surface area contributed by atoms with Crippen LogP contribution in [0.3, 0.4) is 0 Å². The minimum Gasteiger partial charge on any atom is -0.495 e. The molecule has 0 saturated carbocycles. The normalized spacial score (nSPS) is 10.3. The molecule has 0 fully saturated rings. The van der Waals surface area contributed by atoms with Gasteiger partial charge in [-0.1, -0.05) is 18.9 Å². The summed E-state index contributed by atoms with van der Waals surface area (Å²) >= 11 is 4.12. The molecule has 0 aliphatic rings. The summed E-state index contributed by atoms with van der Waals surface area (Å²) in [6.07, 6.45) is 0. The number of anilines is 3. The minimum absolute atomic E-state index is 0.0344. The fourth-order valence-corrected chi connectivity index (χ4v) is 2.95. The van der Waals surface area contributed by atoms with Gasteiger partial charge >= 0.3 is 12.0 Å². The molecule has 0 bridgehead atoms. The average Bonchev–Trinajstić information content (AvgIpc) is 2.80. The molecule has 0 radical (unpaired) electrons. The number of ether oxygens (including phenoxy) is 1.